The first-order valence-electron chi connectivity index (χ1n) is 4.26. The van der Waals surface area contributed by atoms with Crippen molar-refractivity contribution in [1.82, 2.24) is 4.90 Å². The highest BCUT2D eigenvalue weighted by molar-refractivity contribution is 7.99. The summed E-state index contributed by atoms with van der Waals surface area (Å²) >= 11 is 1.58. The first kappa shape index (κ1) is 9.86. The van der Waals surface area contributed by atoms with Crippen LogP contribution in [0, 0.1) is 0 Å². The summed E-state index contributed by atoms with van der Waals surface area (Å²) in [6, 6.07) is 0.309. The molecule has 0 aromatic heterocycles. The molecule has 2 N–H and O–H groups in total. The molecule has 1 saturated heterocycles. The zero-order valence-electron chi connectivity index (χ0n) is 7.45. The second-order valence-electron chi connectivity index (χ2n) is 3.15. The van der Waals surface area contributed by atoms with Crippen molar-refractivity contribution in [3.8, 4) is 0 Å². The van der Waals surface area contributed by atoms with Crippen molar-refractivity contribution in [2.24, 2.45) is 5.73 Å². The van der Waals surface area contributed by atoms with Gasteiger partial charge in [0.25, 0.3) is 0 Å². The van der Waals surface area contributed by atoms with E-state index in [2.05, 4.69) is 0 Å². The van der Waals surface area contributed by atoms with Gasteiger partial charge in [0.05, 0.1) is 5.75 Å². The van der Waals surface area contributed by atoms with E-state index in [9.17, 15) is 4.79 Å². The van der Waals surface area contributed by atoms with Crippen molar-refractivity contribution < 1.29 is 4.79 Å². The molecule has 4 heteroatoms. The maximum absolute atomic E-state index is 11.4. The third-order valence-corrected chi connectivity index (χ3v) is 2.70. The summed E-state index contributed by atoms with van der Waals surface area (Å²) in [5, 5.41) is 0. The van der Waals surface area contributed by atoms with Crippen LogP contribution in [0.1, 0.15) is 12.8 Å². The van der Waals surface area contributed by atoms with Crippen LogP contribution in [0.4, 0.5) is 0 Å². The van der Waals surface area contributed by atoms with Crippen LogP contribution in [0.25, 0.3) is 0 Å². The fourth-order valence-corrected chi connectivity index (χ4v) is 1.79. The van der Waals surface area contributed by atoms with Crippen LogP contribution in [0.2, 0.25) is 0 Å². The molecule has 12 heavy (non-hydrogen) atoms. The Bertz CT molecular complexity index is 155. The van der Waals surface area contributed by atoms with Crippen molar-refractivity contribution in [3.63, 3.8) is 0 Å². The van der Waals surface area contributed by atoms with Gasteiger partial charge in [-0.25, -0.2) is 0 Å². The van der Waals surface area contributed by atoms with Gasteiger partial charge in [-0.15, -0.1) is 0 Å². The average Bonchev–Trinajstić information content (AvgIpc) is 2.06. The molecule has 0 radical (unpaired) electrons. The van der Waals surface area contributed by atoms with Crippen molar-refractivity contribution in [2.75, 3.05) is 25.1 Å². The summed E-state index contributed by atoms with van der Waals surface area (Å²) in [6.45, 7) is 1.70. The molecule has 1 aliphatic rings. The number of carbonyl (C=O) groups is 1. The van der Waals surface area contributed by atoms with Crippen LogP contribution < -0.4 is 5.73 Å². The molecular weight excluding hydrogens is 172 g/mol. The lowest BCUT2D eigenvalue weighted by atomic mass is 10.1. The highest BCUT2D eigenvalue weighted by Crippen LogP contribution is 2.09. The van der Waals surface area contributed by atoms with Crippen LogP contribution in [-0.2, 0) is 4.79 Å². The molecule has 1 amide bonds. The fourth-order valence-electron chi connectivity index (χ4n) is 1.36. The van der Waals surface area contributed by atoms with Crippen LogP contribution >= 0.6 is 11.8 Å². The van der Waals surface area contributed by atoms with Gasteiger partial charge in [0.1, 0.15) is 0 Å². The molecule has 0 aromatic carbocycles. The van der Waals surface area contributed by atoms with Crippen LogP contribution in [-0.4, -0.2) is 41.9 Å². The van der Waals surface area contributed by atoms with Gasteiger partial charge in [-0.05, 0) is 19.1 Å². The van der Waals surface area contributed by atoms with Crippen molar-refractivity contribution in [2.45, 2.75) is 18.9 Å². The zero-order chi connectivity index (χ0) is 8.97. The summed E-state index contributed by atoms with van der Waals surface area (Å²) in [5.41, 5.74) is 5.73. The van der Waals surface area contributed by atoms with E-state index in [0.29, 0.717) is 11.8 Å². The number of likely N-dealkylation sites (tertiary alicyclic amines) is 1. The molecule has 0 unspecified atom stereocenters. The highest BCUT2D eigenvalue weighted by Gasteiger charge is 2.19. The summed E-state index contributed by atoms with van der Waals surface area (Å²) in [4.78, 5) is 13.3. The van der Waals surface area contributed by atoms with E-state index in [1.807, 2.05) is 11.2 Å². The maximum atomic E-state index is 11.4. The number of piperidine rings is 1. The minimum atomic E-state index is 0.259. The molecule has 0 aromatic rings. The Labute approximate surface area is 77.7 Å². The van der Waals surface area contributed by atoms with Gasteiger partial charge >= 0.3 is 0 Å². The minimum absolute atomic E-state index is 0.259. The van der Waals surface area contributed by atoms with Gasteiger partial charge in [-0.1, -0.05) is 0 Å². The van der Waals surface area contributed by atoms with E-state index in [-0.39, 0.29) is 5.91 Å². The second-order valence-corrected chi connectivity index (χ2v) is 4.02. The van der Waals surface area contributed by atoms with Crippen molar-refractivity contribution in [1.29, 1.82) is 0 Å². The molecule has 1 heterocycles. The Hall–Kier alpha value is -0.220. The lowest BCUT2D eigenvalue weighted by Gasteiger charge is -2.29. The number of rotatable bonds is 2. The highest BCUT2D eigenvalue weighted by atomic mass is 32.2. The molecule has 1 rings (SSSR count). The quantitative estimate of drug-likeness (QED) is 0.678. The molecule has 0 aliphatic carbocycles. The normalized spacial score (nSPS) is 19.7. The van der Waals surface area contributed by atoms with Gasteiger partial charge in [-0.2, -0.15) is 11.8 Å². The Morgan fingerprint density at radius 2 is 2.17 bits per heavy atom. The van der Waals surface area contributed by atoms with E-state index in [4.69, 9.17) is 5.73 Å². The maximum Gasteiger partial charge on any atom is 0.232 e. The molecule has 3 nitrogen and oxygen atoms in total. The number of hydrogen-bond donors (Lipinski definition) is 1. The number of nitrogens with zero attached hydrogens (tertiary/aromatic N) is 1. The van der Waals surface area contributed by atoms with Crippen LogP contribution in [0.3, 0.4) is 0 Å². The molecule has 0 bridgehead atoms. The largest absolute Gasteiger partial charge is 0.342 e. The first-order chi connectivity index (χ1) is 5.74. The van der Waals surface area contributed by atoms with E-state index in [0.717, 1.165) is 25.9 Å². The standard InChI is InChI=1S/C8H16N2OS/c1-12-6-8(11)10-4-2-7(9)3-5-10/h7H,2-6,9H2,1H3. The predicted molar refractivity (Wildman–Crippen MR) is 52.2 cm³/mol. The topological polar surface area (TPSA) is 46.3 Å². The van der Waals surface area contributed by atoms with Gasteiger partial charge in [0.15, 0.2) is 0 Å². The van der Waals surface area contributed by atoms with Crippen LogP contribution in [0.15, 0.2) is 0 Å². The number of thioether (sulfide) groups is 1. The summed E-state index contributed by atoms with van der Waals surface area (Å²) in [5.74, 6) is 0.865. The van der Waals surface area contributed by atoms with Gasteiger partial charge in [0.2, 0.25) is 5.91 Å². The molecule has 1 fully saturated rings. The number of carbonyl (C=O) groups excluding carboxylic acids is 1. The lowest BCUT2D eigenvalue weighted by molar-refractivity contribution is -0.129. The van der Waals surface area contributed by atoms with Crippen LogP contribution in [0.5, 0.6) is 0 Å². The number of amides is 1. The van der Waals surface area contributed by atoms with E-state index >= 15 is 0 Å². The van der Waals surface area contributed by atoms with E-state index < -0.39 is 0 Å². The Morgan fingerprint density at radius 3 is 2.67 bits per heavy atom. The second kappa shape index (κ2) is 4.72. The van der Waals surface area contributed by atoms with Gasteiger partial charge in [0, 0.05) is 19.1 Å². The third-order valence-electron chi connectivity index (χ3n) is 2.16. The van der Waals surface area contributed by atoms with Gasteiger partial charge < -0.3 is 10.6 Å². The third kappa shape index (κ3) is 2.68. The first-order valence-corrected chi connectivity index (χ1v) is 5.65. The number of hydrogen-bond acceptors (Lipinski definition) is 3. The molecule has 0 spiro atoms. The molecule has 0 saturated carbocycles. The smallest absolute Gasteiger partial charge is 0.232 e. The fraction of sp³-hybridized carbons (Fsp3) is 0.875. The monoisotopic (exact) mass is 188 g/mol. The summed E-state index contributed by atoms with van der Waals surface area (Å²) in [6.07, 6.45) is 3.87. The van der Waals surface area contributed by atoms with E-state index in [1.54, 1.807) is 11.8 Å². The Morgan fingerprint density at radius 1 is 1.58 bits per heavy atom. The van der Waals surface area contributed by atoms with Gasteiger partial charge in [-0.3, -0.25) is 4.79 Å². The minimum Gasteiger partial charge on any atom is -0.342 e. The average molecular weight is 188 g/mol. The molecular formula is C8H16N2OS. The molecule has 1 aliphatic heterocycles. The molecule has 0 atom stereocenters. The summed E-state index contributed by atoms with van der Waals surface area (Å²) in [7, 11) is 0. The Balaban J connectivity index is 2.29. The Kier molecular flexibility index (Phi) is 3.88. The predicted octanol–water partition coefficient (Wildman–Crippen LogP) is 0.299. The summed E-state index contributed by atoms with van der Waals surface area (Å²) < 4.78 is 0. The zero-order valence-corrected chi connectivity index (χ0v) is 8.27. The SMILES string of the molecule is CSCC(=O)N1CCC(N)CC1. The van der Waals surface area contributed by atoms with Crippen molar-refractivity contribution >= 4 is 17.7 Å². The number of nitrogens with two attached hydrogens (primary N) is 1. The molecule has 70 valence electrons. The van der Waals surface area contributed by atoms with Crippen molar-refractivity contribution in [3.05, 3.63) is 0 Å². The van der Waals surface area contributed by atoms with E-state index in [1.165, 1.54) is 0 Å². The lowest BCUT2D eigenvalue weighted by Crippen LogP contribution is -2.43.